The molecule has 0 radical (unpaired) electrons. The van der Waals surface area contributed by atoms with Crippen LogP contribution in [0.25, 0.3) is 0 Å². The first-order chi connectivity index (χ1) is 13.7. The number of hydrogen-bond donors (Lipinski definition) is 0. The van der Waals surface area contributed by atoms with E-state index in [1.165, 1.54) is 5.56 Å². The molecule has 1 aromatic rings. The summed E-state index contributed by atoms with van der Waals surface area (Å²) in [4.78, 5) is 28.9. The summed E-state index contributed by atoms with van der Waals surface area (Å²) in [5.74, 6) is 0.997. The van der Waals surface area contributed by atoms with E-state index >= 15 is 0 Å². The third-order valence-electron chi connectivity index (χ3n) is 5.95. The molecule has 2 heterocycles. The van der Waals surface area contributed by atoms with Gasteiger partial charge in [0.2, 0.25) is 11.8 Å². The molecule has 1 aromatic carbocycles. The Morgan fingerprint density at radius 1 is 0.929 bits per heavy atom. The van der Waals surface area contributed by atoms with Gasteiger partial charge in [-0.25, -0.2) is 0 Å². The van der Waals surface area contributed by atoms with Crippen LogP contribution in [-0.2, 0) is 20.7 Å². The first-order valence-corrected chi connectivity index (χ1v) is 10.9. The maximum Gasteiger partial charge on any atom is 0.222 e. The fourth-order valence-corrected chi connectivity index (χ4v) is 4.23. The lowest BCUT2D eigenvalue weighted by atomic mass is 9.92. The number of unbranched alkanes of at least 4 members (excludes halogenated alkanes) is 1. The molecular weight excluding hydrogens is 352 g/mol. The Kier molecular flexibility index (Phi) is 8.34. The summed E-state index contributed by atoms with van der Waals surface area (Å²) >= 11 is 0. The first-order valence-electron chi connectivity index (χ1n) is 10.9. The zero-order valence-corrected chi connectivity index (χ0v) is 17.0. The molecule has 0 bridgehead atoms. The van der Waals surface area contributed by atoms with E-state index in [1.54, 1.807) is 0 Å². The van der Waals surface area contributed by atoms with E-state index in [9.17, 15) is 9.59 Å². The SMILES string of the molecule is O=C(CCC1CCCN(C(=O)CCCCc2ccccc2)C1)N1CCOCC1. The number of benzene rings is 1. The highest BCUT2D eigenvalue weighted by Crippen LogP contribution is 2.22. The van der Waals surface area contributed by atoms with Crippen LogP contribution in [0.4, 0.5) is 0 Å². The van der Waals surface area contributed by atoms with Crippen LogP contribution in [0.1, 0.15) is 50.5 Å². The van der Waals surface area contributed by atoms with Gasteiger partial charge >= 0.3 is 0 Å². The predicted molar refractivity (Wildman–Crippen MR) is 110 cm³/mol. The van der Waals surface area contributed by atoms with Crippen molar-refractivity contribution in [2.45, 2.75) is 51.4 Å². The molecule has 5 nitrogen and oxygen atoms in total. The summed E-state index contributed by atoms with van der Waals surface area (Å²) in [6.45, 7) is 4.46. The topological polar surface area (TPSA) is 49.9 Å². The second-order valence-electron chi connectivity index (χ2n) is 8.07. The van der Waals surface area contributed by atoms with Gasteiger partial charge in [0.1, 0.15) is 0 Å². The molecule has 2 saturated heterocycles. The second kappa shape index (κ2) is 11.2. The van der Waals surface area contributed by atoms with Crippen molar-refractivity contribution >= 4 is 11.8 Å². The molecule has 0 spiro atoms. The summed E-state index contributed by atoms with van der Waals surface area (Å²) in [5.41, 5.74) is 1.35. The van der Waals surface area contributed by atoms with Crippen LogP contribution in [-0.4, -0.2) is 61.0 Å². The highest BCUT2D eigenvalue weighted by molar-refractivity contribution is 5.77. The lowest BCUT2D eigenvalue weighted by Gasteiger charge is -2.33. The number of nitrogens with zero attached hydrogens (tertiary/aromatic N) is 2. The van der Waals surface area contributed by atoms with Crippen LogP contribution >= 0.6 is 0 Å². The van der Waals surface area contributed by atoms with E-state index in [-0.39, 0.29) is 11.8 Å². The van der Waals surface area contributed by atoms with Gasteiger partial charge in [-0.3, -0.25) is 9.59 Å². The number of ether oxygens (including phenoxy) is 1. The Morgan fingerprint density at radius 2 is 1.68 bits per heavy atom. The van der Waals surface area contributed by atoms with Gasteiger partial charge in [-0.05, 0) is 50.0 Å². The highest BCUT2D eigenvalue weighted by atomic mass is 16.5. The summed E-state index contributed by atoms with van der Waals surface area (Å²) in [6, 6.07) is 10.5. The third kappa shape index (κ3) is 6.62. The van der Waals surface area contributed by atoms with Crippen molar-refractivity contribution in [2.75, 3.05) is 39.4 Å². The van der Waals surface area contributed by atoms with Crippen LogP contribution in [0, 0.1) is 5.92 Å². The molecule has 0 aromatic heterocycles. The van der Waals surface area contributed by atoms with Crippen molar-refractivity contribution in [1.82, 2.24) is 9.80 Å². The van der Waals surface area contributed by atoms with Crippen LogP contribution in [0.2, 0.25) is 0 Å². The molecule has 5 heteroatoms. The smallest absolute Gasteiger partial charge is 0.222 e. The molecule has 28 heavy (non-hydrogen) atoms. The van der Waals surface area contributed by atoms with Crippen molar-refractivity contribution in [1.29, 1.82) is 0 Å². The van der Waals surface area contributed by atoms with E-state index in [4.69, 9.17) is 4.74 Å². The summed E-state index contributed by atoms with van der Waals surface area (Å²) in [6.07, 6.45) is 7.39. The molecule has 2 aliphatic heterocycles. The molecule has 0 N–H and O–H groups in total. The number of hydrogen-bond acceptors (Lipinski definition) is 3. The van der Waals surface area contributed by atoms with E-state index < -0.39 is 0 Å². The minimum atomic E-state index is 0.243. The van der Waals surface area contributed by atoms with Gasteiger partial charge in [0, 0.05) is 39.0 Å². The number of rotatable bonds is 8. The maximum absolute atomic E-state index is 12.6. The fraction of sp³-hybridized carbons (Fsp3) is 0.652. The quantitative estimate of drug-likeness (QED) is 0.644. The van der Waals surface area contributed by atoms with Crippen LogP contribution in [0.3, 0.4) is 0 Å². The summed E-state index contributed by atoms with van der Waals surface area (Å²) < 4.78 is 5.31. The van der Waals surface area contributed by atoms with E-state index in [0.29, 0.717) is 32.0 Å². The van der Waals surface area contributed by atoms with Crippen molar-refractivity contribution in [3.63, 3.8) is 0 Å². The third-order valence-corrected chi connectivity index (χ3v) is 5.95. The van der Waals surface area contributed by atoms with Gasteiger partial charge in [0.15, 0.2) is 0 Å². The minimum absolute atomic E-state index is 0.243. The number of aryl methyl sites for hydroxylation is 1. The molecule has 3 rings (SSSR count). The molecule has 1 unspecified atom stereocenters. The second-order valence-corrected chi connectivity index (χ2v) is 8.07. The van der Waals surface area contributed by atoms with Crippen LogP contribution in [0.15, 0.2) is 30.3 Å². The molecule has 1 atom stereocenters. The standard InChI is InChI=1S/C23H34N2O3/c26-22(11-5-4-9-20-7-2-1-3-8-20)25-14-6-10-21(19-25)12-13-23(27)24-15-17-28-18-16-24/h1-3,7-8,21H,4-6,9-19H2. The van der Waals surface area contributed by atoms with Gasteiger partial charge in [0.05, 0.1) is 13.2 Å². The summed E-state index contributed by atoms with van der Waals surface area (Å²) in [5, 5.41) is 0. The number of piperidine rings is 1. The monoisotopic (exact) mass is 386 g/mol. The number of carbonyl (C=O) groups is 2. The molecule has 0 aliphatic carbocycles. The number of carbonyl (C=O) groups excluding carboxylic acids is 2. The Hall–Kier alpha value is -1.88. The molecule has 154 valence electrons. The van der Waals surface area contributed by atoms with E-state index in [2.05, 4.69) is 24.3 Å². The average Bonchev–Trinajstić information content (AvgIpc) is 2.76. The van der Waals surface area contributed by atoms with Gasteiger partial charge in [0.25, 0.3) is 0 Å². The fourth-order valence-electron chi connectivity index (χ4n) is 4.23. The van der Waals surface area contributed by atoms with Gasteiger partial charge in [-0.15, -0.1) is 0 Å². The molecule has 2 aliphatic rings. The van der Waals surface area contributed by atoms with Crippen molar-refractivity contribution in [3.05, 3.63) is 35.9 Å². The Bertz CT molecular complexity index is 614. The lowest BCUT2D eigenvalue weighted by Crippen LogP contribution is -2.42. The van der Waals surface area contributed by atoms with Gasteiger partial charge < -0.3 is 14.5 Å². The van der Waals surface area contributed by atoms with E-state index in [1.807, 2.05) is 15.9 Å². The Morgan fingerprint density at radius 3 is 2.46 bits per heavy atom. The zero-order chi connectivity index (χ0) is 19.6. The first kappa shape index (κ1) is 20.8. The van der Waals surface area contributed by atoms with Gasteiger partial charge in [-0.1, -0.05) is 30.3 Å². The number of likely N-dealkylation sites (tertiary alicyclic amines) is 1. The number of amides is 2. The van der Waals surface area contributed by atoms with Crippen LogP contribution < -0.4 is 0 Å². The number of morpholine rings is 1. The Balaban J connectivity index is 1.33. The van der Waals surface area contributed by atoms with Crippen molar-refractivity contribution in [2.24, 2.45) is 5.92 Å². The Labute approximate surface area is 169 Å². The maximum atomic E-state index is 12.6. The van der Waals surface area contributed by atoms with Crippen molar-refractivity contribution < 1.29 is 14.3 Å². The largest absolute Gasteiger partial charge is 0.378 e. The van der Waals surface area contributed by atoms with Crippen molar-refractivity contribution in [3.8, 4) is 0 Å². The minimum Gasteiger partial charge on any atom is -0.378 e. The molecule has 2 amide bonds. The van der Waals surface area contributed by atoms with E-state index in [0.717, 1.165) is 64.7 Å². The highest BCUT2D eigenvalue weighted by Gasteiger charge is 2.25. The lowest BCUT2D eigenvalue weighted by molar-refractivity contribution is -0.135. The van der Waals surface area contributed by atoms with Gasteiger partial charge in [-0.2, -0.15) is 0 Å². The molecule has 2 fully saturated rings. The average molecular weight is 387 g/mol. The van der Waals surface area contributed by atoms with Crippen LogP contribution in [0.5, 0.6) is 0 Å². The summed E-state index contributed by atoms with van der Waals surface area (Å²) in [7, 11) is 0. The molecular formula is C23H34N2O3. The normalized spacial score (nSPS) is 20.2. The zero-order valence-electron chi connectivity index (χ0n) is 17.0. The molecule has 0 saturated carbocycles. The predicted octanol–water partition coefficient (Wildman–Crippen LogP) is 3.28.